The van der Waals surface area contributed by atoms with Crippen molar-refractivity contribution in [3.05, 3.63) is 0 Å². The first-order chi connectivity index (χ1) is 7.49. The number of carbonyl (C=O) groups is 1. The predicted octanol–water partition coefficient (Wildman–Crippen LogP) is 0.894. The molecule has 16 heavy (non-hydrogen) atoms. The van der Waals surface area contributed by atoms with Gasteiger partial charge in [-0.3, -0.25) is 4.79 Å². The van der Waals surface area contributed by atoms with Gasteiger partial charge in [0.2, 0.25) is 5.91 Å². The highest BCUT2D eigenvalue weighted by atomic mass is 16.5. The van der Waals surface area contributed by atoms with Gasteiger partial charge in [0.1, 0.15) is 0 Å². The average molecular weight is 226 g/mol. The van der Waals surface area contributed by atoms with E-state index in [0.717, 1.165) is 38.8 Å². The molecular weight excluding hydrogens is 204 g/mol. The molecule has 0 aromatic heterocycles. The summed E-state index contributed by atoms with van der Waals surface area (Å²) < 4.78 is 5.68. The van der Waals surface area contributed by atoms with Crippen LogP contribution in [0.5, 0.6) is 0 Å². The molecule has 2 heterocycles. The summed E-state index contributed by atoms with van der Waals surface area (Å²) >= 11 is 0. The van der Waals surface area contributed by atoms with Crippen LogP contribution in [0.25, 0.3) is 0 Å². The zero-order valence-electron chi connectivity index (χ0n) is 10.2. The average Bonchev–Trinajstić information content (AvgIpc) is 2.20. The van der Waals surface area contributed by atoms with Crippen molar-refractivity contribution >= 4 is 5.91 Å². The summed E-state index contributed by atoms with van der Waals surface area (Å²) in [4.78, 5) is 14.0. The van der Waals surface area contributed by atoms with Gasteiger partial charge < -0.3 is 15.4 Å². The Morgan fingerprint density at radius 3 is 2.88 bits per heavy atom. The van der Waals surface area contributed by atoms with Crippen LogP contribution in [0.1, 0.15) is 39.5 Å². The minimum atomic E-state index is -0.278. The smallest absolute Gasteiger partial charge is 0.239 e. The highest BCUT2D eigenvalue weighted by molar-refractivity contribution is 5.82. The van der Waals surface area contributed by atoms with Gasteiger partial charge in [-0.1, -0.05) is 0 Å². The van der Waals surface area contributed by atoms with Crippen LogP contribution in [0.4, 0.5) is 0 Å². The van der Waals surface area contributed by atoms with Crippen LogP contribution in [0.3, 0.4) is 0 Å². The molecule has 2 aliphatic rings. The van der Waals surface area contributed by atoms with Crippen molar-refractivity contribution < 1.29 is 9.53 Å². The van der Waals surface area contributed by atoms with E-state index in [-0.39, 0.29) is 17.6 Å². The van der Waals surface area contributed by atoms with E-state index >= 15 is 0 Å². The monoisotopic (exact) mass is 226 g/mol. The van der Waals surface area contributed by atoms with Gasteiger partial charge in [0.15, 0.2) is 0 Å². The van der Waals surface area contributed by atoms with Crippen LogP contribution < -0.4 is 5.73 Å². The third kappa shape index (κ3) is 2.38. The van der Waals surface area contributed by atoms with Crippen molar-refractivity contribution in [2.24, 2.45) is 5.73 Å². The fourth-order valence-corrected chi connectivity index (χ4v) is 2.76. The van der Waals surface area contributed by atoms with Gasteiger partial charge in [-0.25, -0.2) is 0 Å². The molecule has 2 aliphatic heterocycles. The zero-order chi connectivity index (χ0) is 11.8. The maximum Gasteiger partial charge on any atom is 0.239 e. The second-order valence-electron chi connectivity index (χ2n) is 5.54. The van der Waals surface area contributed by atoms with Crippen LogP contribution in [-0.2, 0) is 9.53 Å². The highest BCUT2D eigenvalue weighted by Gasteiger charge is 2.37. The summed E-state index contributed by atoms with van der Waals surface area (Å²) in [5.41, 5.74) is 5.71. The topological polar surface area (TPSA) is 55.6 Å². The maximum atomic E-state index is 12.0. The van der Waals surface area contributed by atoms with E-state index in [2.05, 4.69) is 13.8 Å². The molecule has 2 unspecified atom stereocenters. The summed E-state index contributed by atoms with van der Waals surface area (Å²) in [6.45, 7) is 5.80. The van der Waals surface area contributed by atoms with Crippen molar-refractivity contribution in [3.63, 3.8) is 0 Å². The Morgan fingerprint density at radius 1 is 1.44 bits per heavy atom. The molecule has 2 atom stereocenters. The minimum Gasteiger partial charge on any atom is -0.375 e. The molecule has 2 fully saturated rings. The van der Waals surface area contributed by atoms with Gasteiger partial charge in [-0.2, -0.15) is 0 Å². The Balaban J connectivity index is 2.03. The van der Waals surface area contributed by atoms with Crippen molar-refractivity contribution in [3.8, 4) is 0 Å². The first-order valence-corrected chi connectivity index (χ1v) is 6.20. The van der Waals surface area contributed by atoms with Crippen molar-refractivity contribution in [1.29, 1.82) is 0 Å². The fraction of sp³-hybridized carbons (Fsp3) is 0.917. The molecule has 2 saturated heterocycles. The lowest BCUT2D eigenvalue weighted by Crippen LogP contribution is -2.55. The molecule has 0 spiro atoms. The largest absolute Gasteiger partial charge is 0.375 e. The van der Waals surface area contributed by atoms with Gasteiger partial charge in [0.25, 0.3) is 0 Å². The molecule has 4 heteroatoms. The molecule has 0 aliphatic carbocycles. The molecule has 0 saturated carbocycles. The SMILES string of the molecule is CC1(C)CC(N2CCCC(N)C2=O)CCO1. The van der Waals surface area contributed by atoms with Crippen LogP contribution in [-0.4, -0.2) is 41.6 Å². The van der Waals surface area contributed by atoms with Gasteiger partial charge in [0.05, 0.1) is 11.6 Å². The van der Waals surface area contributed by atoms with E-state index in [1.54, 1.807) is 0 Å². The first kappa shape index (κ1) is 11.9. The summed E-state index contributed by atoms with van der Waals surface area (Å²) in [6.07, 6.45) is 3.74. The number of rotatable bonds is 1. The summed E-state index contributed by atoms with van der Waals surface area (Å²) in [5.74, 6) is 0.133. The Labute approximate surface area is 97.1 Å². The Morgan fingerprint density at radius 2 is 2.19 bits per heavy atom. The minimum absolute atomic E-state index is 0.106. The van der Waals surface area contributed by atoms with Gasteiger partial charge in [-0.15, -0.1) is 0 Å². The third-order valence-electron chi connectivity index (χ3n) is 3.63. The van der Waals surface area contributed by atoms with Gasteiger partial charge in [0, 0.05) is 19.2 Å². The number of carbonyl (C=O) groups excluding carboxylic acids is 1. The normalized spacial score (nSPS) is 35.2. The van der Waals surface area contributed by atoms with Crippen LogP contribution >= 0.6 is 0 Å². The van der Waals surface area contributed by atoms with Crippen molar-refractivity contribution in [2.75, 3.05) is 13.2 Å². The molecule has 2 rings (SSSR count). The van der Waals surface area contributed by atoms with E-state index in [1.807, 2.05) is 4.90 Å². The molecule has 0 bridgehead atoms. The molecule has 0 radical (unpaired) electrons. The quantitative estimate of drug-likeness (QED) is 0.722. The van der Waals surface area contributed by atoms with Crippen LogP contribution in [0.2, 0.25) is 0 Å². The second-order valence-corrected chi connectivity index (χ2v) is 5.54. The van der Waals surface area contributed by atoms with Crippen LogP contribution in [0.15, 0.2) is 0 Å². The summed E-state index contributed by atoms with van der Waals surface area (Å²) in [5, 5.41) is 0. The predicted molar refractivity (Wildman–Crippen MR) is 62.0 cm³/mol. The number of piperidine rings is 1. The first-order valence-electron chi connectivity index (χ1n) is 6.20. The Bertz CT molecular complexity index is 278. The van der Waals surface area contributed by atoms with Crippen molar-refractivity contribution in [2.45, 2.75) is 57.2 Å². The lowest BCUT2D eigenvalue weighted by molar-refractivity contribution is -0.144. The molecule has 1 amide bonds. The molecule has 0 aromatic rings. The molecule has 92 valence electrons. The van der Waals surface area contributed by atoms with Crippen molar-refractivity contribution in [1.82, 2.24) is 4.90 Å². The summed E-state index contributed by atoms with van der Waals surface area (Å²) in [7, 11) is 0. The van der Waals surface area contributed by atoms with E-state index in [4.69, 9.17) is 10.5 Å². The molecule has 0 aromatic carbocycles. The zero-order valence-corrected chi connectivity index (χ0v) is 10.2. The highest BCUT2D eigenvalue weighted by Crippen LogP contribution is 2.29. The van der Waals surface area contributed by atoms with E-state index in [9.17, 15) is 4.79 Å². The Hall–Kier alpha value is -0.610. The summed E-state index contributed by atoms with van der Waals surface area (Å²) in [6, 6.07) is 0.0438. The molecule has 2 N–H and O–H groups in total. The van der Waals surface area contributed by atoms with E-state index in [1.165, 1.54) is 0 Å². The third-order valence-corrected chi connectivity index (χ3v) is 3.63. The number of amides is 1. The number of hydrogen-bond donors (Lipinski definition) is 1. The molecule has 4 nitrogen and oxygen atoms in total. The van der Waals surface area contributed by atoms with Gasteiger partial charge >= 0.3 is 0 Å². The Kier molecular flexibility index (Phi) is 3.22. The van der Waals surface area contributed by atoms with Crippen LogP contribution in [0, 0.1) is 0 Å². The number of nitrogens with zero attached hydrogens (tertiary/aromatic N) is 1. The number of nitrogens with two attached hydrogens (primary N) is 1. The fourth-order valence-electron chi connectivity index (χ4n) is 2.76. The van der Waals surface area contributed by atoms with E-state index in [0.29, 0.717) is 6.04 Å². The second kappa shape index (κ2) is 4.34. The number of hydrogen-bond acceptors (Lipinski definition) is 3. The number of ether oxygens (including phenoxy) is 1. The lowest BCUT2D eigenvalue weighted by atomic mass is 9.91. The molecular formula is C12H22N2O2. The standard InChI is InChI=1S/C12H22N2O2/c1-12(2)8-9(5-7-16-12)14-6-3-4-10(13)11(14)15/h9-10H,3-8,13H2,1-2H3. The van der Waals surface area contributed by atoms with E-state index < -0.39 is 0 Å². The maximum absolute atomic E-state index is 12.0. The number of likely N-dealkylation sites (tertiary alicyclic amines) is 1. The van der Waals surface area contributed by atoms with Gasteiger partial charge in [-0.05, 0) is 39.5 Å². The lowest BCUT2D eigenvalue weighted by Gasteiger charge is -2.43.